The molecule has 1 fully saturated rings. The largest absolute Gasteiger partial charge is 0.492 e. The van der Waals surface area contributed by atoms with Gasteiger partial charge in [-0.15, -0.1) is 0 Å². The number of hydrogen-bond acceptors (Lipinski definition) is 6. The summed E-state index contributed by atoms with van der Waals surface area (Å²) in [4.78, 5) is 5.95. The number of nitrogens with zero attached hydrogens (tertiary/aromatic N) is 3. The van der Waals surface area contributed by atoms with Crippen LogP contribution in [0.15, 0.2) is 48.7 Å². The highest BCUT2D eigenvalue weighted by Gasteiger charge is 2.12. The molecule has 0 bridgehead atoms. The van der Waals surface area contributed by atoms with Gasteiger partial charge in [-0.1, -0.05) is 23.5 Å². The number of fused-ring (bicyclic) bond motifs is 3. The Morgan fingerprint density at radius 2 is 2.00 bits per heavy atom. The van der Waals surface area contributed by atoms with Gasteiger partial charge in [0.05, 0.1) is 34.5 Å². The molecular formula is C21H22N4O2S. The second-order valence-electron chi connectivity index (χ2n) is 6.16. The first-order chi connectivity index (χ1) is 16.7. The van der Waals surface area contributed by atoms with Crippen LogP contribution in [0.2, 0.25) is 0 Å². The summed E-state index contributed by atoms with van der Waals surface area (Å²) >= 11 is 1.46. The van der Waals surface area contributed by atoms with Crippen molar-refractivity contribution in [3.8, 4) is 17.0 Å². The van der Waals surface area contributed by atoms with Crippen LogP contribution in [-0.2, 0) is 4.74 Å². The van der Waals surface area contributed by atoms with E-state index >= 15 is 0 Å². The fraction of sp³-hybridized carbons (Fsp3) is 0.286. The molecule has 0 amide bonds. The van der Waals surface area contributed by atoms with Crippen molar-refractivity contribution < 1.29 is 20.4 Å². The summed E-state index contributed by atoms with van der Waals surface area (Å²) in [5.74, 6) is 0.450. The summed E-state index contributed by atoms with van der Waals surface area (Å²) in [5, 5.41) is 0. The average molecular weight is 403 g/mol. The molecule has 5 rings (SSSR count). The predicted octanol–water partition coefficient (Wildman–Crippen LogP) is 3.51. The maximum absolute atomic E-state index is 8.06. The van der Waals surface area contributed by atoms with Crippen molar-refractivity contribution in [3.63, 3.8) is 0 Å². The zero-order chi connectivity index (χ0) is 26.1. The first-order valence-electron chi connectivity index (χ1n) is 12.6. The van der Waals surface area contributed by atoms with Crippen molar-refractivity contribution in [1.29, 1.82) is 0 Å². The van der Waals surface area contributed by atoms with Gasteiger partial charge in [-0.2, -0.15) is 0 Å². The number of thiazole rings is 1. The summed E-state index contributed by atoms with van der Waals surface area (Å²) < 4.78 is 76.4. The van der Waals surface area contributed by atoms with E-state index in [4.69, 9.17) is 21.4 Å². The number of anilines is 1. The third kappa shape index (κ3) is 3.44. The molecule has 2 aromatic carbocycles. The highest BCUT2D eigenvalue weighted by molar-refractivity contribution is 7.23. The van der Waals surface area contributed by atoms with Crippen LogP contribution in [0.5, 0.6) is 5.75 Å². The molecule has 1 saturated heterocycles. The van der Waals surface area contributed by atoms with Crippen LogP contribution >= 0.6 is 11.3 Å². The standard InChI is InChI=1S/C21H22N4O2S/c22-16-3-1-15(2-4-16)18-14-25-19-6-5-17(13-20(19)28-21(25)23-18)27-12-9-24-7-10-26-11-8-24/h1-6,13-14H,7-12,22H2/i7D2,8D2,10D2,11D2. The number of hydrogen-bond donors (Lipinski definition) is 1. The quantitative estimate of drug-likeness (QED) is 0.518. The van der Waals surface area contributed by atoms with Crippen LogP contribution in [0.3, 0.4) is 0 Å². The number of imidazole rings is 1. The smallest absolute Gasteiger partial charge is 0.195 e. The Morgan fingerprint density at radius 3 is 2.82 bits per heavy atom. The van der Waals surface area contributed by atoms with E-state index in [-0.39, 0.29) is 6.61 Å². The molecule has 3 heterocycles. The third-order valence-corrected chi connectivity index (χ3v) is 5.34. The number of aromatic nitrogens is 2. The number of morpholine rings is 1. The molecule has 7 heteroatoms. The normalized spacial score (nSPS) is 26.9. The minimum absolute atomic E-state index is 0.208. The molecule has 0 unspecified atom stereocenters. The van der Waals surface area contributed by atoms with Crippen LogP contribution in [0.1, 0.15) is 11.0 Å². The van der Waals surface area contributed by atoms with Crippen molar-refractivity contribution in [2.24, 2.45) is 0 Å². The first-order valence-corrected chi connectivity index (χ1v) is 9.43. The fourth-order valence-electron chi connectivity index (χ4n) is 2.94. The summed E-state index contributed by atoms with van der Waals surface area (Å²) in [6.07, 6.45) is 1.94. The van der Waals surface area contributed by atoms with Crippen LogP contribution in [0.4, 0.5) is 5.69 Å². The molecule has 4 aromatic rings. The lowest BCUT2D eigenvalue weighted by molar-refractivity contribution is 0.0322. The summed E-state index contributed by atoms with van der Waals surface area (Å²) in [6, 6.07) is 12.8. The lowest BCUT2D eigenvalue weighted by Crippen LogP contribution is -2.38. The SMILES string of the molecule is [2H]C1([2H])OC([2H])([2H])C([2H])([2H])N(CCOc2ccc3c(c2)sc2nc(-c4ccc(N)cc4)cn23)C1([2H])[2H]. The molecule has 0 atom stereocenters. The Kier molecular flexibility index (Phi) is 2.87. The van der Waals surface area contributed by atoms with Crippen LogP contribution in [0.25, 0.3) is 26.4 Å². The van der Waals surface area contributed by atoms with Crippen molar-refractivity contribution in [1.82, 2.24) is 14.3 Å². The molecule has 144 valence electrons. The number of nitrogens with two attached hydrogens (primary N) is 1. The lowest BCUT2D eigenvalue weighted by atomic mass is 10.1. The minimum Gasteiger partial charge on any atom is -0.492 e. The molecule has 1 aliphatic rings. The molecule has 0 spiro atoms. The van der Waals surface area contributed by atoms with E-state index in [0.29, 0.717) is 16.3 Å². The van der Waals surface area contributed by atoms with Crippen molar-refractivity contribution >= 4 is 32.2 Å². The van der Waals surface area contributed by atoms with E-state index in [1.165, 1.54) is 11.3 Å². The summed E-state index contributed by atoms with van der Waals surface area (Å²) in [7, 11) is 0. The van der Waals surface area contributed by atoms with Gasteiger partial charge in [0.2, 0.25) is 0 Å². The Morgan fingerprint density at radius 1 is 1.18 bits per heavy atom. The van der Waals surface area contributed by atoms with Crippen molar-refractivity contribution in [3.05, 3.63) is 48.7 Å². The van der Waals surface area contributed by atoms with E-state index in [9.17, 15) is 0 Å². The van der Waals surface area contributed by atoms with Gasteiger partial charge in [0, 0.05) is 42.5 Å². The van der Waals surface area contributed by atoms with Crippen LogP contribution in [0, 0.1) is 0 Å². The first kappa shape index (κ1) is 10.8. The predicted molar refractivity (Wildman–Crippen MR) is 113 cm³/mol. The average Bonchev–Trinajstić information content (AvgIpc) is 3.33. The molecular weight excluding hydrogens is 372 g/mol. The van der Waals surface area contributed by atoms with Gasteiger partial charge in [-0.05, 0) is 30.3 Å². The fourth-order valence-corrected chi connectivity index (χ4v) is 3.98. The molecule has 0 aliphatic carbocycles. The monoisotopic (exact) mass is 402 g/mol. The van der Waals surface area contributed by atoms with Gasteiger partial charge in [0.25, 0.3) is 0 Å². The zero-order valence-electron chi connectivity index (χ0n) is 22.7. The highest BCUT2D eigenvalue weighted by Crippen LogP contribution is 2.32. The second kappa shape index (κ2) is 7.43. The lowest BCUT2D eigenvalue weighted by Gasteiger charge is -2.26. The maximum atomic E-state index is 8.06. The van der Waals surface area contributed by atoms with Crippen molar-refractivity contribution in [2.45, 2.75) is 0 Å². The van der Waals surface area contributed by atoms with Gasteiger partial charge in [-0.3, -0.25) is 9.30 Å². The molecule has 0 saturated carbocycles. The molecule has 2 N–H and O–H groups in total. The Bertz CT molecular complexity index is 1410. The van der Waals surface area contributed by atoms with E-state index in [1.807, 2.05) is 40.9 Å². The van der Waals surface area contributed by atoms with Gasteiger partial charge in [0.1, 0.15) is 12.4 Å². The van der Waals surface area contributed by atoms with E-state index in [2.05, 4.69) is 9.72 Å². The van der Waals surface area contributed by atoms with Gasteiger partial charge < -0.3 is 15.2 Å². The van der Waals surface area contributed by atoms with E-state index in [0.717, 1.165) is 26.4 Å². The Hall–Kier alpha value is -2.61. The molecule has 28 heavy (non-hydrogen) atoms. The number of nitrogen functional groups attached to an aromatic ring is 1. The number of rotatable bonds is 5. The van der Waals surface area contributed by atoms with Crippen LogP contribution in [-0.4, -0.2) is 53.5 Å². The minimum atomic E-state index is -3.07. The topological polar surface area (TPSA) is 65.0 Å². The summed E-state index contributed by atoms with van der Waals surface area (Å²) in [6.45, 7) is -12.6. The second-order valence-corrected chi connectivity index (χ2v) is 7.17. The molecule has 1 aliphatic heterocycles. The number of ether oxygens (including phenoxy) is 2. The van der Waals surface area contributed by atoms with E-state index in [1.54, 1.807) is 12.1 Å². The van der Waals surface area contributed by atoms with E-state index < -0.39 is 32.7 Å². The molecule has 2 aromatic heterocycles. The van der Waals surface area contributed by atoms with Gasteiger partial charge in [-0.25, -0.2) is 4.98 Å². The van der Waals surface area contributed by atoms with Gasteiger partial charge in [0.15, 0.2) is 4.96 Å². The van der Waals surface area contributed by atoms with Crippen LogP contribution < -0.4 is 10.5 Å². The maximum Gasteiger partial charge on any atom is 0.195 e. The van der Waals surface area contributed by atoms with Gasteiger partial charge >= 0.3 is 0 Å². The highest BCUT2D eigenvalue weighted by atomic mass is 32.1. The Balaban J connectivity index is 1.34. The molecule has 6 nitrogen and oxygen atoms in total. The number of benzene rings is 2. The zero-order valence-corrected chi connectivity index (χ0v) is 15.5. The summed E-state index contributed by atoms with van der Waals surface area (Å²) in [5.41, 5.74) is 9.12. The Labute approximate surface area is 178 Å². The third-order valence-electron chi connectivity index (χ3n) is 4.32. The van der Waals surface area contributed by atoms with Crippen molar-refractivity contribution in [2.75, 3.05) is 45.0 Å². The molecule has 0 radical (unpaired) electrons.